The molecule has 0 atom stereocenters. The Hall–Kier alpha value is -3.00. The molecular weight excluding hydrogens is 390 g/mol. The van der Waals surface area contributed by atoms with E-state index < -0.39 is 17.5 Å². The number of halogens is 2. The first-order chi connectivity index (χ1) is 14.2. The number of hydrogen-bond donors (Lipinski definition) is 3. The number of amides is 1. The van der Waals surface area contributed by atoms with Crippen molar-refractivity contribution in [3.63, 3.8) is 0 Å². The lowest BCUT2D eigenvalue weighted by Crippen LogP contribution is -2.31. The van der Waals surface area contributed by atoms with Gasteiger partial charge in [0.05, 0.1) is 5.56 Å². The molecule has 0 aliphatic rings. The van der Waals surface area contributed by atoms with E-state index in [1.54, 1.807) is 6.07 Å². The summed E-state index contributed by atoms with van der Waals surface area (Å²) in [4.78, 5) is 14.7. The monoisotopic (exact) mass is 418 g/mol. The van der Waals surface area contributed by atoms with E-state index in [1.807, 2.05) is 32.8 Å². The van der Waals surface area contributed by atoms with Gasteiger partial charge in [-0.05, 0) is 44.3 Å². The summed E-state index contributed by atoms with van der Waals surface area (Å²) in [7, 11) is 3.79. The smallest absolute Gasteiger partial charge is 0.255 e. The van der Waals surface area contributed by atoms with Crippen molar-refractivity contribution in [3.05, 3.63) is 53.1 Å². The number of carbonyl (C=O) groups excluding carboxylic acids is 1. The van der Waals surface area contributed by atoms with Crippen molar-refractivity contribution in [1.29, 1.82) is 5.41 Å². The van der Waals surface area contributed by atoms with Crippen molar-refractivity contribution >= 4 is 17.8 Å². The van der Waals surface area contributed by atoms with Crippen LogP contribution in [0.1, 0.15) is 29.8 Å². The first-order valence-corrected chi connectivity index (χ1v) is 9.69. The minimum absolute atomic E-state index is 0.0801. The van der Waals surface area contributed by atoms with Crippen molar-refractivity contribution in [2.45, 2.75) is 13.8 Å². The van der Waals surface area contributed by atoms with Crippen LogP contribution in [0.2, 0.25) is 0 Å². The summed E-state index contributed by atoms with van der Waals surface area (Å²) in [5.74, 6) is -1.78. The predicted octanol–water partition coefficient (Wildman–Crippen LogP) is 4.11. The normalized spacial score (nSPS) is 10.9. The molecule has 162 valence electrons. The van der Waals surface area contributed by atoms with Crippen LogP contribution in [0.5, 0.6) is 11.5 Å². The lowest BCUT2D eigenvalue weighted by atomic mass is 10.1. The van der Waals surface area contributed by atoms with Crippen molar-refractivity contribution in [2.24, 2.45) is 5.92 Å². The highest BCUT2D eigenvalue weighted by Crippen LogP contribution is 2.32. The second-order valence-corrected chi connectivity index (χ2v) is 7.59. The number of hydrogen-bond acceptors (Lipinski definition) is 5. The lowest BCUT2D eigenvalue weighted by molar-refractivity contribution is 0.0948. The fourth-order valence-corrected chi connectivity index (χ4v) is 2.61. The molecule has 1 amide bonds. The number of anilines is 1. The SMILES string of the molecule is CC(C)CNc1cc(C(=O)NCCN(C)C)c(Oc2ccc(F)cc2F)cc1C=N. The fourth-order valence-electron chi connectivity index (χ4n) is 2.61. The summed E-state index contributed by atoms with van der Waals surface area (Å²) in [5.41, 5.74) is 1.27. The van der Waals surface area contributed by atoms with E-state index in [1.165, 1.54) is 6.07 Å². The molecule has 30 heavy (non-hydrogen) atoms. The number of rotatable bonds is 10. The molecule has 0 radical (unpaired) electrons. The molecule has 2 rings (SSSR count). The first-order valence-electron chi connectivity index (χ1n) is 9.69. The summed E-state index contributed by atoms with van der Waals surface area (Å²) in [5, 5.41) is 13.7. The molecule has 0 unspecified atom stereocenters. The number of nitrogens with zero attached hydrogens (tertiary/aromatic N) is 1. The predicted molar refractivity (Wildman–Crippen MR) is 115 cm³/mol. The van der Waals surface area contributed by atoms with Gasteiger partial charge in [-0.15, -0.1) is 0 Å². The van der Waals surface area contributed by atoms with Crippen LogP contribution >= 0.6 is 0 Å². The molecule has 0 spiro atoms. The Morgan fingerprint density at radius 1 is 1.20 bits per heavy atom. The number of carbonyl (C=O) groups is 1. The molecule has 0 bridgehead atoms. The maximum atomic E-state index is 14.1. The number of benzene rings is 2. The van der Waals surface area contributed by atoms with Gasteiger partial charge in [-0.1, -0.05) is 13.8 Å². The van der Waals surface area contributed by atoms with Crippen molar-refractivity contribution in [2.75, 3.05) is 39.0 Å². The molecule has 0 aromatic heterocycles. The average molecular weight is 418 g/mol. The highest BCUT2D eigenvalue weighted by Gasteiger charge is 2.19. The topological polar surface area (TPSA) is 77.5 Å². The molecule has 0 saturated heterocycles. The van der Waals surface area contributed by atoms with E-state index in [9.17, 15) is 13.6 Å². The van der Waals surface area contributed by atoms with Crippen LogP contribution in [0.3, 0.4) is 0 Å². The summed E-state index contributed by atoms with van der Waals surface area (Å²) >= 11 is 0. The second-order valence-electron chi connectivity index (χ2n) is 7.59. The third-order valence-electron chi connectivity index (χ3n) is 4.21. The van der Waals surface area contributed by atoms with Gasteiger partial charge in [0, 0.05) is 43.2 Å². The maximum Gasteiger partial charge on any atom is 0.255 e. The van der Waals surface area contributed by atoms with Gasteiger partial charge in [0.25, 0.3) is 5.91 Å². The molecular formula is C22H28F2N4O2. The molecule has 8 heteroatoms. The average Bonchev–Trinajstić information content (AvgIpc) is 2.68. The van der Waals surface area contributed by atoms with Gasteiger partial charge in [-0.2, -0.15) is 0 Å². The van der Waals surface area contributed by atoms with Gasteiger partial charge in [0.15, 0.2) is 11.6 Å². The van der Waals surface area contributed by atoms with Gasteiger partial charge in [0.1, 0.15) is 11.6 Å². The number of ether oxygens (including phenoxy) is 1. The van der Waals surface area contributed by atoms with Crippen LogP contribution in [0, 0.1) is 23.0 Å². The highest BCUT2D eigenvalue weighted by molar-refractivity contribution is 6.00. The molecule has 6 nitrogen and oxygen atoms in total. The summed E-state index contributed by atoms with van der Waals surface area (Å²) in [6.07, 6.45) is 1.13. The highest BCUT2D eigenvalue weighted by atomic mass is 19.1. The van der Waals surface area contributed by atoms with Crippen molar-refractivity contribution in [3.8, 4) is 11.5 Å². The van der Waals surface area contributed by atoms with E-state index in [4.69, 9.17) is 10.1 Å². The third kappa shape index (κ3) is 6.52. The quantitative estimate of drug-likeness (QED) is 0.508. The Balaban J connectivity index is 2.42. The Morgan fingerprint density at radius 2 is 1.93 bits per heavy atom. The summed E-state index contributed by atoms with van der Waals surface area (Å²) in [6.45, 7) is 5.79. The van der Waals surface area contributed by atoms with Crippen molar-refractivity contribution < 1.29 is 18.3 Å². The zero-order chi connectivity index (χ0) is 22.3. The molecule has 2 aromatic rings. The van der Waals surface area contributed by atoms with E-state index in [2.05, 4.69) is 10.6 Å². The third-order valence-corrected chi connectivity index (χ3v) is 4.21. The van der Waals surface area contributed by atoms with Crippen LogP contribution in [0.4, 0.5) is 14.5 Å². The Labute approximate surface area is 175 Å². The van der Waals surface area contributed by atoms with Crippen LogP contribution in [0.15, 0.2) is 30.3 Å². The summed E-state index contributed by atoms with van der Waals surface area (Å²) in [6, 6.07) is 6.03. The molecule has 2 aromatic carbocycles. The van der Waals surface area contributed by atoms with Gasteiger partial charge >= 0.3 is 0 Å². The molecule has 0 fully saturated rings. The molecule has 0 heterocycles. The zero-order valence-corrected chi connectivity index (χ0v) is 17.7. The van der Waals surface area contributed by atoms with Gasteiger partial charge in [-0.25, -0.2) is 8.78 Å². The second kappa shape index (κ2) is 10.7. The van der Waals surface area contributed by atoms with Crippen molar-refractivity contribution in [1.82, 2.24) is 10.2 Å². The minimum Gasteiger partial charge on any atom is -0.453 e. The Kier molecular flexibility index (Phi) is 8.29. The fraction of sp³-hybridized carbons (Fsp3) is 0.364. The number of nitrogens with one attached hydrogen (secondary N) is 3. The molecule has 3 N–H and O–H groups in total. The summed E-state index contributed by atoms with van der Waals surface area (Å²) < 4.78 is 32.9. The van der Waals surface area contributed by atoms with E-state index >= 15 is 0 Å². The van der Waals surface area contributed by atoms with Crippen LogP contribution in [0.25, 0.3) is 0 Å². The first kappa shape index (κ1) is 23.3. The van der Waals surface area contributed by atoms with E-state index in [0.717, 1.165) is 18.3 Å². The minimum atomic E-state index is -0.882. The van der Waals surface area contributed by atoms with E-state index in [0.29, 0.717) is 42.9 Å². The standard InChI is InChI=1S/C22H28F2N4O2/c1-14(2)13-27-19-11-17(22(29)26-7-8-28(3)4)21(9-15(19)12-25)30-20-6-5-16(23)10-18(20)24/h5-6,9-12,14,25,27H,7-8,13H2,1-4H3,(H,26,29). The maximum absolute atomic E-state index is 14.1. The van der Waals surface area contributed by atoms with Gasteiger partial charge in [0.2, 0.25) is 0 Å². The van der Waals surface area contributed by atoms with Crippen LogP contribution in [-0.4, -0.2) is 50.8 Å². The largest absolute Gasteiger partial charge is 0.453 e. The van der Waals surface area contributed by atoms with Crippen LogP contribution in [-0.2, 0) is 0 Å². The molecule has 0 aliphatic carbocycles. The lowest BCUT2D eigenvalue weighted by Gasteiger charge is -2.18. The molecule has 0 aliphatic heterocycles. The zero-order valence-electron chi connectivity index (χ0n) is 17.7. The van der Waals surface area contributed by atoms with Gasteiger partial charge in [-0.3, -0.25) is 4.79 Å². The molecule has 0 saturated carbocycles. The number of likely N-dealkylation sites (N-methyl/N-ethyl adjacent to an activating group) is 1. The van der Waals surface area contributed by atoms with Gasteiger partial charge < -0.3 is 25.7 Å². The Morgan fingerprint density at radius 3 is 2.53 bits per heavy atom. The Bertz CT molecular complexity index is 901. The van der Waals surface area contributed by atoms with E-state index in [-0.39, 0.29) is 17.1 Å². The van der Waals surface area contributed by atoms with Crippen LogP contribution < -0.4 is 15.4 Å².